The number of rotatable bonds is 5. The summed E-state index contributed by atoms with van der Waals surface area (Å²) >= 11 is 0. The maximum Gasteiger partial charge on any atom is 0.142 e. The third-order valence-electron chi connectivity index (χ3n) is 3.55. The topological polar surface area (TPSA) is 58.7 Å². The van der Waals surface area contributed by atoms with Gasteiger partial charge in [-0.25, -0.2) is 0 Å². The van der Waals surface area contributed by atoms with Gasteiger partial charge in [0.2, 0.25) is 0 Å². The number of aliphatic hydroxyl groups is 1. The molecule has 1 heterocycles. The van der Waals surface area contributed by atoms with Crippen LogP contribution < -0.4 is 10.5 Å². The Morgan fingerprint density at radius 2 is 2.00 bits per heavy atom. The van der Waals surface area contributed by atoms with Crippen molar-refractivity contribution < 1.29 is 9.84 Å². The largest absolute Gasteiger partial charge is 0.490 e. The van der Waals surface area contributed by atoms with Crippen LogP contribution in [0, 0.1) is 5.92 Å². The summed E-state index contributed by atoms with van der Waals surface area (Å²) in [5.74, 6) is 1.26. The average molecular weight is 250 g/mol. The summed E-state index contributed by atoms with van der Waals surface area (Å²) in [5, 5.41) is 9.08. The van der Waals surface area contributed by atoms with Gasteiger partial charge in [0.1, 0.15) is 12.4 Å². The molecule has 0 amide bonds. The van der Waals surface area contributed by atoms with Crippen molar-refractivity contribution in [1.29, 1.82) is 0 Å². The normalized spacial score (nSPS) is 17.8. The maximum absolute atomic E-state index is 9.08. The summed E-state index contributed by atoms with van der Waals surface area (Å²) in [6, 6.07) is 7.58. The van der Waals surface area contributed by atoms with Crippen LogP contribution in [0.3, 0.4) is 0 Å². The monoisotopic (exact) mass is 250 g/mol. The lowest BCUT2D eigenvalue weighted by molar-refractivity contribution is 0.119. The SMILES string of the molecule is Nc1ccccc1OCCN1CCC(CO)CC1. The number of benzene rings is 1. The zero-order chi connectivity index (χ0) is 12.8. The summed E-state index contributed by atoms with van der Waals surface area (Å²) in [6.07, 6.45) is 2.17. The summed E-state index contributed by atoms with van der Waals surface area (Å²) in [7, 11) is 0. The Hall–Kier alpha value is -1.26. The minimum absolute atomic E-state index is 0.324. The molecule has 1 aliphatic heterocycles. The molecule has 1 aromatic rings. The first-order valence-corrected chi connectivity index (χ1v) is 6.60. The number of nitrogens with zero attached hydrogens (tertiary/aromatic N) is 1. The number of piperidine rings is 1. The molecule has 0 spiro atoms. The molecule has 0 radical (unpaired) electrons. The van der Waals surface area contributed by atoms with Crippen LogP contribution in [0.25, 0.3) is 0 Å². The lowest BCUT2D eigenvalue weighted by Gasteiger charge is -2.30. The van der Waals surface area contributed by atoms with Crippen LogP contribution in [0.5, 0.6) is 5.75 Å². The summed E-state index contributed by atoms with van der Waals surface area (Å²) in [5.41, 5.74) is 6.50. The second-order valence-corrected chi connectivity index (χ2v) is 4.85. The molecule has 0 atom stereocenters. The zero-order valence-corrected chi connectivity index (χ0v) is 10.7. The van der Waals surface area contributed by atoms with Crippen LogP contribution in [0.1, 0.15) is 12.8 Å². The van der Waals surface area contributed by atoms with Crippen LogP contribution in [-0.2, 0) is 0 Å². The Labute approximate surface area is 108 Å². The Morgan fingerprint density at radius 3 is 2.67 bits per heavy atom. The van der Waals surface area contributed by atoms with Gasteiger partial charge in [-0.15, -0.1) is 0 Å². The highest BCUT2D eigenvalue weighted by Crippen LogP contribution is 2.20. The quantitative estimate of drug-likeness (QED) is 0.775. The third kappa shape index (κ3) is 3.62. The fourth-order valence-electron chi connectivity index (χ4n) is 2.29. The number of ether oxygens (including phenoxy) is 1. The van der Waals surface area contributed by atoms with Crippen molar-refractivity contribution in [2.75, 3.05) is 38.6 Å². The molecule has 2 rings (SSSR count). The van der Waals surface area contributed by atoms with Gasteiger partial charge < -0.3 is 15.6 Å². The first kappa shape index (κ1) is 13.2. The number of aliphatic hydroxyl groups excluding tert-OH is 1. The highest BCUT2D eigenvalue weighted by atomic mass is 16.5. The van der Waals surface area contributed by atoms with Crippen molar-refractivity contribution in [2.24, 2.45) is 5.92 Å². The van der Waals surface area contributed by atoms with E-state index in [1.807, 2.05) is 24.3 Å². The van der Waals surface area contributed by atoms with Crippen LogP contribution in [0.4, 0.5) is 5.69 Å². The second-order valence-electron chi connectivity index (χ2n) is 4.85. The van der Waals surface area contributed by atoms with E-state index in [-0.39, 0.29) is 0 Å². The van der Waals surface area contributed by atoms with Gasteiger partial charge in [0.15, 0.2) is 0 Å². The van der Waals surface area contributed by atoms with Gasteiger partial charge in [-0.05, 0) is 44.0 Å². The first-order valence-electron chi connectivity index (χ1n) is 6.60. The lowest BCUT2D eigenvalue weighted by atomic mass is 9.98. The Balaban J connectivity index is 1.69. The van der Waals surface area contributed by atoms with Crippen molar-refractivity contribution in [3.05, 3.63) is 24.3 Å². The van der Waals surface area contributed by atoms with Crippen LogP contribution >= 0.6 is 0 Å². The smallest absolute Gasteiger partial charge is 0.142 e. The summed E-state index contributed by atoms with van der Waals surface area (Å²) in [6.45, 7) is 4.02. The Morgan fingerprint density at radius 1 is 1.28 bits per heavy atom. The molecule has 1 saturated heterocycles. The number of likely N-dealkylation sites (tertiary alicyclic amines) is 1. The average Bonchev–Trinajstić information content (AvgIpc) is 2.42. The van der Waals surface area contributed by atoms with E-state index < -0.39 is 0 Å². The van der Waals surface area contributed by atoms with Gasteiger partial charge in [0.25, 0.3) is 0 Å². The molecule has 0 unspecified atom stereocenters. The second kappa shape index (κ2) is 6.61. The standard InChI is InChI=1S/C14H22N2O2/c15-13-3-1-2-4-14(13)18-10-9-16-7-5-12(11-17)6-8-16/h1-4,12,17H,5-11,15H2. The van der Waals surface area contributed by atoms with E-state index >= 15 is 0 Å². The van der Waals surface area contributed by atoms with E-state index in [4.69, 9.17) is 15.6 Å². The van der Waals surface area contributed by atoms with E-state index in [1.165, 1.54) is 0 Å². The fourth-order valence-corrected chi connectivity index (χ4v) is 2.29. The molecule has 0 bridgehead atoms. The third-order valence-corrected chi connectivity index (χ3v) is 3.55. The van der Waals surface area contributed by atoms with E-state index in [0.717, 1.165) is 38.2 Å². The Bertz CT molecular complexity index is 363. The van der Waals surface area contributed by atoms with E-state index in [2.05, 4.69) is 4.90 Å². The highest BCUT2D eigenvalue weighted by Gasteiger charge is 2.17. The highest BCUT2D eigenvalue weighted by molar-refractivity contribution is 5.51. The summed E-state index contributed by atoms with van der Waals surface area (Å²) in [4.78, 5) is 2.38. The summed E-state index contributed by atoms with van der Waals surface area (Å²) < 4.78 is 5.68. The minimum atomic E-state index is 0.324. The van der Waals surface area contributed by atoms with Crippen LogP contribution in [0.15, 0.2) is 24.3 Å². The van der Waals surface area contributed by atoms with Crippen molar-refractivity contribution in [2.45, 2.75) is 12.8 Å². The molecule has 0 aliphatic carbocycles. The molecule has 1 aliphatic rings. The molecule has 4 nitrogen and oxygen atoms in total. The number of hydrogen-bond donors (Lipinski definition) is 2. The molecule has 3 N–H and O–H groups in total. The molecular formula is C14H22N2O2. The molecule has 0 aromatic heterocycles. The molecule has 1 fully saturated rings. The predicted octanol–water partition coefficient (Wildman–Crippen LogP) is 1.35. The van der Waals surface area contributed by atoms with Crippen LogP contribution in [-0.4, -0.2) is 42.9 Å². The van der Waals surface area contributed by atoms with Gasteiger partial charge in [0, 0.05) is 13.2 Å². The van der Waals surface area contributed by atoms with E-state index in [1.54, 1.807) is 0 Å². The minimum Gasteiger partial charge on any atom is -0.490 e. The molecule has 18 heavy (non-hydrogen) atoms. The molecule has 1 aromatic carbocycles. The van der Waals surface area contributed by atoms with E-state index in [9.17, 15) is 0 Å². The first-order chi connectivity index (χ1) is 8.79. The van der Waals surface area contributed by atoms with Crippen molar-refractivity contribution in [3.8, 4) is 5.75 Å². The van der Waals surface area contributed by atoms with Gasteiger partial charge in [-0.3, -0.25) is 4.90 Å². The van der Waals surface area contributed by atoms with Crippen molar-refractivity contribution >= 4 is 5.69 Å². The molecular weight excluding hydrogens is 228 g/mol. The number of anilines is 1. The number of para-hydroxylation sites is 2. The number of hydrogen-bond acceptors (Lipinski definition) is 4. The van der Waals surface area contributed by atoms with Gasteiger partial charge >= 0.3 is 0 Å². The molecule has 4 heteroatoms. The molecule has 0 saturated carbocycles. The van der Waals surface area contributed by atoms with Crippen LogP contribution in [0.2, 0.25) is 0 Å². The molecule has 100 valence electrons. The van der Waals surface area contributed by atoms with Gasteiger partial charge in [-0.2, -0.15) is 0 Å². The van der Waals surface area contributed by atoms with Gasteiger partial charge in [-0.1, -0.05) is 12.1 Å². The number of nitrogen functional groups attached to an aromatic ring is 1. The van der Waals surface area contributed by atoms with Crippen molar-refractivity contribution in [3.63, 3.8) is 0 Å². The predicted molar refractivity (Wildman–Crippen MR) is 72.6 cm³/mol. The zero-order valence-electron chi connectivity index (χ0n) is 10.7. The number of nitrogens with two attached hydrogens (primary N) is 1. The fraction of sp³-hybridized carbons (Fsp3) is 0.571. The Kier molecular flexibility index (Phi) is 4.84. The van der Waals surface area contributed by atoms with Crippen molar-refractivity contribution in [1.82, 2.24) is 4.90 Å². The van der Waals surface area contributed by atoms with E-state index in [0.29, 0.717) is 24.8 Å². The van der Waals surface area contributed by atoms with Gasteiger partial charge in [0.05, 0.1) is 5.69 Å². The maximum atomic E-state index is 9.08. The lowest BCUT2D eigenvalue weighted by Crippen LogP contribution is -2.37.